The van der Waals surface area contributed by atoms with E-state index >= 15 is 0 Å². The first-order valence-corrected chi connectivity index (χ1v) is 6.81. The summed E-state index contributed by atoms with van der Waals surface area (Å²) in [6.45, 7) is 4.18. The zero-order chi connectivity index (χ0) is 13.7. The van der Waals surface area contributed by atoms with E-state index in [0.717, 1.165) is 38.2 Å². The number of piperazine rings is 1. The fourth-order valence-electron chi connectivity index (χ4n) is 2.47. The maximum Gasteiger partial charge on any atom is 0.219 e. The highest BCUT2D eigenvalue weighted by Gasteiger charge is 2.20. The van der Waals surface area contributed by atoms with Gasteiger partial charge in [0.1, 0.15) is 5.75 Å². The first-order chi connectivity index (χ1) is 9.19. The average molecular weight is 262 g/mol. The van der Waals surface area contributed by atoms with E-state index in [4.69, 9.17) is 4.74 Å². The van der Waals surface area contributed by atoms with Gasteiger partial charge in [-0.15, -0.1) is 0 Å². The van der Waals surface area contributed by atoms with Crippen LogP contribution in [0.1, 0.15) is 18.9 Å². The van der Waals surface area contributed by atoms with Crippen molar-refractivity contribution in [3.05, 3.63) is 29.8 Å². The number of hydrogen-bond donors (Lipinski definition) is 1. The summed E-state index contributed by atoms with van der Waals surface area (Å²) in [6.07, 6.45) is 2.04. The SMILES string of the molecule is COc1cccc(CCC2CN(C(C)=O)CCN2)c1. The number of carbonyl (C=O) groups is 1. The van der Waals surface area contributed by atoms with Crippen LogP contribution in [0.2, 0.25) is 0 Å². The summed E-state index contributed by atoms with van der Waals surface area (Å²) in [6, 6.07) is 8.56. The zero-order valence-electron chi connectivity index (χ0n) is 11.7. The minimum atomic E-state index is 0.174. The normalized spacial score (nSPS) is 19.3. The van der Waals surface area contributed by atoms with Crippen LogP contribution in [0.15, 0.2) is 24.3 Å². The average Bonchev–Trinajstić information content (AvgIpc) is 2.45. The molecule has 19 heavy (non-hydrogen) atoms. The van der Waals surface area contributed by atoms with Crippen LogP contribution in [0, 0.1) is 0 Å². The third-order valence-electron chi connectivity index (χ3n) is 3.62. The van der Waals surface area contributed by atoms with Gasteiger partial charge in [-0.3, -0.25) is 4.79 Å². The van der Waals surface area contributed by atoms with Gasteiger partial charge >= 0.3 is 0 Å². The largest absolute Gasteiger partial charge is 0.497 e. The molecule has 0 spiro atoms. The van der Waals surface area contributed by atoms with Crippen LogP contribution in [0.25, 0.3) is 0 Å². The molecule has 1 N–H and O–H groups in total. The molecule has 104 valence electrons. The Hall–Kier alpha value is -1.55. The lowest BCUT2D eigenvalue weighted by Crippen LogP contribution is -2.52. The van der Waals surface area contributed by atoms with Gasteiger partial charge in [0.05, 0.1) is 7.11 Å². The second kappa shape index (κ2) is 6.57. The van der Waals surface area contributed by atoms with Crippen molar-refractivity contribution < 1.29 is 9.53 Å². The Morgan fingerprint density at radius 2 is 2.37 bits per heavy atom. The van der Waals surface area contributed by atoms with E-state index in [1.54, 1.807) is 14.0 Å². The molecule has 0 bridgehead atoms. The maximum absolute atomic E-state index is 11.4. The molecule has 1 amide bonds. The number of methoxy groups -OCH3 is 1. The second-order valence-corrected chi connectivity index (χ2v) is 5.01. The summed E-state index contributed by atoms with van der Waals surface area (Å²) >= 11 is 0. The fourth-order valence-corrected chi connectivity index (χ4v) is 2.47. The molecule has 1 saturated heterocycles. The van der Waals surface area contributed by atoms with Crippen molar-refractivity contribution in [2.45, 2.75) is 25.8 Å². The van der Waals surface area contributed by atoms with E-state index in [0.29, 0.717) is 6.04 Å². The van der Waals surface area contributed by atoms with E-state index in [9.17, 15) is 4.79 Å². The predicted molar refractivity (Wildman–Crippen MR) is 75.4 cm³/mol. The molecule has 0 aliphatic carbocycles. The van der Waals surface area contributed by atoms with Crippen LogP contribution in [-0.2, 0) is 11.2 Å². The Morgan fingerprint density at radius 1 is 1.53 bits per heavy atom. The Balaban J connectivity index is 1.86. The molecule has 1 aliphatic rings. The van der Waals surface area contributed by atoms with Crippen LogP contribution in [-0.4, -0.2) is 43.6 Å². The summed E-state index contributed by atoms with van der Waals surface area (Å²) in [5, 5.41) is 3.48. The molecule has 4 nitrogen and oxygen atoms in total. The van der Waals surface area contributed by atoms with E-state index in [2.05, 4.69) is 17.4 Å². The van der Waals surface area contributed by atoms with Crippen LogP contribution in [0.5, 0.6) is 5.75 Å². The monoisotopic (exact) mass is 262 g/mol. The van der Waals surface area contributed by atoms with Crippen molar-refractivity contribution in [3.8, 4) is 5.75 Å². The van der Waals surface area contributed by atoms with Crippen molar-refractivity contribution in [3.63, 3.8) is 0 Å². The molecule has 1 heterocycles. The first kappa shape index (κ1) is 13.9. The Kier molecular flexibility index (Phi) is 4.80. The molecular weight excluding hydrogens is 240 g/mol. The molecule has 1 atom stereocenters. The van der Waals surface area contributed by atoms with E-state index < -0.39 is 0 Å². The lowest BCUT2D eigenvalue weighted by atomic mass is 10.0. The van der Waals surface area contributed by atoms with Gasteiger partial charge in [-0.2, -0.15) is 0 Å². The van der Waals surface area contributed by atoms with Crippen LogP contribution in [0.3, 0.4) is 0 Å². The molecule has 2 rings (SSSR count). The van der Waals surface area contributed by atoms with Gasteiger partial charge in [-0.1, -0.05) is 12.1 Å². The van der Waals surface area contributed by atoms with Crippen molar-refractivity contribution >= 4 is 5.91 Å². The molecule has 0 saturated carbocycles. The number of aryl methyl sites for hydroxylation is 1. The second-order valence-electron chi connectivity index (χ2n) is 5.01. The first-order valence-electron chi connectivity index (χ1n) is 6.81. The number of benzene rings is 1. The summed E-state index contributed by atoms with van der Waals surface area (Å²) in [5.41, 5.74) is 1.28. The van der Waals surface area contributed by atoms with Crippen molar-refractivity contribution in [1.82, 2.24) is 10.2 Å². The molecule has 4 heteroatoms. The number of nitrogens with zero attached hydrogens (tertiary/aromatic N) is 1. The third kappa shape index (κ3) is 3.96. The zero-order valence-corrected chi connectivity index (χ0v) is 11.7. The summed E-state index contributed by atoms with van der Waals surface area (Å²) in [4.78, 5) is 13.3. The molecule has 1 aromatic carbocycles. The minimum Gasteiger partial charge on any atom is -0.497 e. The quantitative estimate of drug-likeness (QED) is 0.893. The van der Waals surface area contributed by atoms with Crippen LogP contribution < -0.4 is 10.1 Å². The molecule has 1 unspecified atom stereocenters. The number of amides is 1. The van der Waals surface area contributed by atoms with Gasteiger partial charge in [0, 0.05) is 32.6 Å². The molecule has 0 radical (unpaired) electrons. The maximum atomic E-state index is 11.4. The van der Waals surface area contributed by atoms with Gasteiger partial charge in [0.2, 0.25) is 5.91 Å². The molecule has 0 aromatic heterocycles. The smallest absolute Gasteiger partial charge is 0.219 e. The van der Waals surface area contributed by atoms with Crippen molar-refractivity contribution in [2.24, 2.45) is 0 Å². The lowest BCUT2D eigenvalue weighted by molar-refractivity contribution is -0.130. The van der Waals surface area contributed by atoms with Crippen molar-refractivity contribution in [1.29, 1.82) is 0 Å². The highest BCUT2D eigenvalue weighted by molar-refractivity contribution is 5.73. The molecule has 1 fully saturated rings. The summed E-state index contributed by atoms with van der Waals surface area (Å²) < 4.78 is 5.23. The van der Waals surface area contributed by atoms with Gasteiger partial charge in [0.15, 0.2) is 0 Å². The van der Waals surface area contributed by atoms with Gasteiger partial charge in [0.25, 0.3) is 0 Å². The van der Waals surface area contributed by atoms with E-state index in [-0.39, 0.29) is 5.91 Å². The topological polar surface area (TPSA) is 41.6 Å². The lowest BCUT2D eigenvalue weighted by Gasteiger charge is -2.33. The highest BCUT2D eigenvalue weighted by Crippen LogP contribution is 2.15. The van der Waals surface area contributed by atoms with E-state index in [1.165, 1.54) is 5.56 Å². The molecule has 1 aromatic rings. The van der Waals surface area contributed by atoms with Gasteiger partial charge in [-0.25, -0.2) is 0 Å². The van der Waals surface area contributed by atoms with Gasteiger partial charge < -0.3 is 15.0 Å². The van der Waals surface area contributed by atoms with Crippen molar-refractivity contribution in [2.75, 3.05) is 26.7 Å². The standard InChI is InChI=1S/C15H22N2O2/c1-12(18)17-9-8-16-14(11-17)7-6-13-4-3-5-15(10-13)19-2/h3-5,10,14,16H,6-9,11H2,1-2H3. The number of rotatable bonds is 4. The van der Waals surface area contributed by atoms with E-state index in [1.807, 2.05) is 17.0 Å². The third-order valence-corrected chi connectivity index (χ3v) is 3.62. The Bertz CT molecular complexity index is 434. The molecule has 1 aliphatic heterocycles. The molecular formula is C15H22N2O2. The minimum absolute atomic E-state index is 0.174. The number of hydrogen-bond acceptors (Lipinski definition) is 3. The highest BCUT2D eigenvalue weighted by atomic mass is 16.5. The summed E-state index contributed by atoms with van der Waals surface area (Å²) in [5.74, 6) is 1.08. The number of carbonyl (C=O) groups excluding carboxylic acids is 1. The Morgan fingerprint density at radius 3 is 3.11 bits per heavy atom. The Labute approximate surface area is 114 Å². The number of nitrogens with one attached hydrogen (secondary N) is 1. The summed E-state index contributed by atoms with van der Waals surface area (Å²) in [7, 11) is 1.69. The van der Waals surface area contributed by atoms with Crippen LogP contribution >= 0.6 is 0 Å². The predicted octanol–water partition coefficient (Wildman–Crippen LogP) is 1.45. The van der Waals surface area contributed by atoms with Gasteiger partial charge in [-0.05, 0) is 30.5 Å². The number of ether oxygens (including phenoxy) is 1. The fraction of sp³-hybridized carbons (Fsp3) is 0.533. The van der Waals surface area contributed by atoms with Crippen LogP contribution in [0.4, 0.5) is 0 Å².